The number of nitrogens with zero attached hydrogens (tertiary/aromatic N) is 2. The zero-order chi connectivity index (χ0) is 20.8. The van der Waals surface area contributed by atoms with E-state index in [9.17, 15) is 4.39 Å². The second-order valence-electron chi connectivity index (χ2n) is 7.09. The van der Waals surface area contributed by atoms with E-state index in [1.165, 1.54) is 12.1 Å². The van der Waals surface area contributed by atoms with Gasteiger partial charge in [0.05, 0.1) is 0 Å². The van der Waals surface area contributed by atoms with Crippen LogP contribution in [-0.4, -0.2) is 16.5 Å². The maximum absolute atomic E-state index is 13.8. The van der Waals surface area contributed by atoms with Crippen LogP contribution in [0.2, 0.25) is 0 Å². The van der Waals surface area contributed by atoms with Crippen molar-refractivity contribution in [3.8, 4) is 22.3 Å². The Morgan fingerprint density at radius 2 is 1.67 bits per heavy atom. The highest BCUT2D eigenvalue weighted by atomic mass is 19.1. The fourth-order valence-electron chi connectivity index (χ4n) is 3.43. The van der Waals surface area contributed by atoms with E-state index in [1.54, 1.807) is 24.7 Å². The highest BCUT2D eigenvalue weighted by molar-refractivity contribution is 5.84. The molecular formula is C25H23FN4. The Kier molecular flexibility index (Phi) is 6.11. The Morgan fingerprint density at radius 1 is 0.867 bits per heavy atom. The van der Waals surface area contributed by atoms with Gasteiger partial charge in [-0.2, -0.15) is 0 Å². The molecule has 0 saturated heterocycles. The lowest BCUT2D eigenvalue weighted by atomic mass is 9.97. The first kappa shape index (κ1) is 19.7. The third-order valence-electron chi connectivity index (χ3n) is 5.02. The standard InChI is InChI=1S/C25H23FN4/c26-21-8-4-7-20(15-21)23-17-30-25(16-22(23)18-9-12-28-13-10-18)29-14-11-24(27)19-5-2-1-3-6-19/h1-10,12-13,15-17,24H,11,14,27H2,(H,29,30). The second-order valence-corrected chi connectivity index (χ2v) is 7.09. The van der Waals surface area contributed by atoms with Crippen molar-refractivity contribution < 1.29 is 4.39 Å². The van der Waals surface area contributed by atoms with Crippen molar-refractivity contribution in [2.75, 3.05) is 11.9 Å². The lowest BCUT2D eigenvalue weighted by molar-refractivity contribution is 0.628. The van der Waals surface area contributed by atoms with Crippen LogP contribution in [0.1, 0.15) is 18.0 Å². The van der Waals surface area contributed by atoms with Crippen LogP contribution >= 0.6 is 0 Å². The van der Waals surface area contributed by atoms with Crippen LogP contribution in [-0.2, 0) is 0 Å². The number of aromatic nitrogens is 2. The van der Waals surface area contributed by atoms with Crippen molar-refractivity contribution in [3.63, 3.8) is 0 Å². The third-order valence-corrected chi connectivity index (χ3v) is 5.02. The summed E-state index contributed by atoms with van der Waals surface area (Å²) < 4.78 is 13.8. The Balaban J connectivity index is 1.56. The minimum atomic E-state index is -0.273. The van der Waals surface area contributed by atoms with Crippen LogP contribution in [0.5, 0.6) is 0 Å². The highest BCUT2D eigenvalue weighted by Crippen LogP contribution is 2.33. The van der Waals surface area contributed by atoms with E-state index in [0.717, 1.165) is 40.1 Å². The third kappa shape index (κ3) is 4.70. The lowest BCUT2D eigenvalue weighted by Crippen LogP contribution is -2.15. The van der Waals surface area contributed by atoms with Gasteiger partial charge in [-0.1, -0.05) is 42.5 Å². The molecule has 0 aliphatic heterocycles. The van der Waals surface area contributed by atoms with Crippen molar-refractivity contribution >= 4 is 5.82 Å². The van der Waals surface area contributed by atoms with Gasteiger partial charge >= 0.3 is 0 Å². The molecule has 2 aromatic heterocycles. The first-order chi connectivity index (χ1) is 14.7. The van der Waals surface area contributed by atoms with Gasteiger partial charge < -0.3 is 11.1 Å². The monoisotopic (exact) mass is 398 g/mol. The summed E-state index contributed by atoms with van der Waals surface area (Å²) in [7, 11) is 0. The zero-order valence-electron chi connectivity index (χ0n) is 16.5. The molecule has 5 heteroatoms. The Morgan fingerprint density at radius 3 is 2.43 bits per heavy atom. The van der Waals surface area contributed by atoms with Crippen LogP contribution < -0.4 is 11.1 Å². The largest absolute Gasteiger partial charge is 0.370 e. The van der Waals surface area contributed by atoms with Gasteiger partial charge in [-0.05, 0) is 59.0 Å². The van der Waals surface area contributed by atoms with Crippen molar-refractivity contribution in [3.05, 3.63) is 103 Å². The summed E-state index contributed by atoms with van der Waals surface area (Å²) in [6.07, 6.45) is 6.06. The summed E-state index contributed by atoms with van der Waals surface area (Å²) in [6, 6.07) is 22.4. The summed E-state index contributed by atoms with van der Waals surface area (Å²) >= 11 is 0. The predicted molar refractivity (Wildman–Crippen MR) is 119 cm³/mol. The average Bonchev–Trinajstić information content (AvgIpc) is 2.80. The minimum absolute atomic E-state index is 0.0371. The topological polar surface area (TPSA) is 63.8 Å². The van der Waals surface area contributed by atoms with Gasteiger partial charge in [0.2, 0.25) is 0 Å². The quantitative estimate of drug-likeness (QED) is 0.434. The summed E-state index contributed by atoms with van der Waals surface area (Å²) in [5.41, 5.74) is 11.0. The first-order valence-electron chi connectivity index (χ1n) is 9.91. The molecule has 0 aliphatic rings. The molecule has 150 valence electrons. The molecule has 30 heavy (non-hydrogen) atoms. The minimum Gasteiger partial charge on any atom is -0.370 e. The van der Waals surface area contributed by atoms with Crippen molar-refractivity contribution in [1.82, 2.24) is 9.97 Å². The van der Waals surface area contributed by atoms with Gasteiger partial charge in [0.15, 0.2) is 0 Å². The number of hydrogen-bond donors (Lipinski definition) is 2. The molecule has 2 heterocycles. The number of rotatable bonds is 7. The molecule has 1 unspecified atom stereocenters. The number of hydrogen-bond acceptors (Lipinski definition) is 4. The number of nitrogens with one attached hydrogen (secondary N) is 1. The van der Waals surface area contributed by atoms with Crippen LogP contribution in [0, 0.1) is 5.82 Å². The summed E-state index contributed by atoms with van der Waals surface area (Å²) in [4.78, 5) is 8.65. The van der Waals surface area contributed by atoms with E-state index in [0.29, 0.717) is 6.54 Å². The molecular weight excluding hydrogens is 375 g/mol. The van der Waals surface area contributed by atoms with Crippen LogP contribution in [0.25, 0.3) is 22.3 Å². The van der Waals surface area contributed by atoms with E-state index < -0.39 is 0 Å². The second kappa shape index (κ2) is 9.29. The molecule has 0 bridgehead atoms. The SMILES string of the molecule is NC(CCNc1cc(-c2ccncc2)c(-c2cccc(F)c2)cn1)c1ccccc1. The molecule has 0 saturated carbocycles. The van der Waals surface area contributed by atoms with Crippen LogP contribution in [0.3, 0.4) is 0 Å². The van der Waals surface area contributed by atoms with Gasteiger partial charge in [-0.25, -0.2) is 9.37 Å². The highest BCUT2D eigenvalue weighted by Gasteiger charge is 2.11. The number of anilines is 1. The number of pyridine rings is 2. The Hall–Kier alpha value is -3.57. The van der Waals surface area contributed by atoms with Gasteiger partial charge in [0, 0.05) is 36.7 Å². The molecule has 2 aromatic carbocycles. The van der Waals surface area contributed by atoms with Crippen LogP contribution in [0.15, 0.2) is 91.4 Å². The Labute approximate surface area is 175 Å². The number of nitrogens with two attached hydrogens (primary N) is 1. The molecule has 0 aliphatic carbocycles. The van der Waals surface area contributed by atoms with E-state index >= 15 is 0 Å². The summed E-state index contributed by atoms with van der Waals surface area (Å²) in [5, 5.41) is 3.36. The number of benzene rings is 2. The predicted octanol–water partition coefficient (Wildman–Crippen LogP) is 5.45. The molecule has 0 radical (unpaired) electrons. The maximum atomic E-state index is 13.8. The fraction of sp³-hybridized carbons (Fsp3) is 0.120. The number of halogens is 1. The fourth-order valence-corrected chi connectivity index (χ4v) is 3.43. The first-order valence-corrected chi connectivity index (χ1v) is 9.91. The van der Waals surface area contributed by atoms with E-state index in [2.05, 4.69) is 15.3 Å². The molecule has 1 atom stereocenters. The molecule has 0 fully saturated rings. The maximum Gasteiger partial charge on any atom is 0.126 e. The van der Waals surface area contributed by atoms with Crippen molar-refractivity contribution in [2.45, 2.75) is 12.5 Å². The van der Waals surface area contributed by atoms with Gasteiger partial charge in [0.25, 0.3) is 0 Å². The van der Waals surface area contributed by atoms with E-state index in [4.69, 9.17) is 5.73 Å². The van der Waals surface area contributed by atoms with Gasteiger partial charge in [0.1, 0.15) is 11.6 Å². The Bertz CT molecular complexity index is 1100. The summed E-state index contributed by atoms with van der Waals surface area (Å²) in [6.45, 7) is 0.693. The van der Waals surface area contributed by atoms with Crippen molar-refractivity contribution in [2.24, 2.45) is 5.73 Å². The van der Waals surface area contributed by atoms with Gasteiger partial charge in [-0.3, -0.25) is 4.98 Å². The zero-order valence-corrected chi connectivity index (χ0v) is 16.5. The normalized spacial score (nSPS) is 11.8. The molecule has 4 aromatic rings. The molecule has 0 spiro atoms. The van der Waals surface area contributed by atoms with Crippen LogP contribution in [0.4, 0.5) is 10.2 Å². The molecule has 3 N–H and O–H groups in total. The molecule has 4 rings (SSSR count). The average molecular weight is 398 g/mol. The van der Waals surface area contributed by atoms with Gasteiger partial charge in [-0.15, -0.1) is 0 Å². The lowest BCUT2D eigenvalue weighted by Gasteiger charge is -2.15. The smallest absolute Gasteiger partial charge is 0.126 e. The molecule has 0 amide bonds. The van der Waals surface area contributed by atoms with E-state index in [1.807, 2.05) is 54.6 Å². The molecule has 4 nitrogen and oxygen atoms in total. The summed E-state index contributed by atoms with van der Waals surface area (Å²) in [5.74, 6) is 0.479. The van der Waals surface area contributed by atoms with Crippen molar-refractivity contribution in [1.29, 1.82) is 0 Å². The van der Waals surface area contributed by atoms with E-state index in [-0.39, 0.29) is 11.9 Å².